The Morgan fingerprint density at radius 2 is 2.00 bits per heavy atom. The Morgan fingerprint density at radius 3 is 2.67 bits per heavy atom. The van der Waals surface area contributed by atoms with Crippen LogP contribution >= 0.6 is 11.6 Å². The van der Waals surface area contributed by atoms with Crippen molar-refractivity contribution in [1.82, 2.24) is 4.98 Å². The quantitative estimate of drug-likeness (QED) is 0.903. The van der Waals surface area contributed by atoms with E-state index in [1.165, 1.54) is 24.4 Å². The summed E-state index contributed by atoms with van der Waals surface area (Å²) in [6.45, 7) is 0. The minimum absolute atomic E-state index is 0.0509. The molecule has 0 saturated heterocycles. The van der Waals surface area contributed by atoms with Crippen molar-refractivity contribution in [2.45, 2.75) is 4.90 Å². The van der Waals surface area contributed by atoms with Gasteiger partial charge >= 0.3 is 0 Å². The number of nitrogens with zero attached hydrogens (tertiary/aromatic N) is 1. The number of pyridine rings is 1. The van der Waals surface area contributed by atoms with E-state index in [4.69, 9.17) is 17.3 Å². The molecule has 0 saturated carbocycles. The van der Waals surface area contributed by atoms with Gasteiger partial charge in [0.05, 0.1) is 10.6 Å². The lowest BCUT2D eigenvalue weighted by molar-refractivity contribution is 0.601. The molecule has 2 rings (SSSR count). The standard InChI is InChI=1S/C11H10ClN3O2S/c12-8-2-1-3-9(6-8)15-18(16,17)10-4-5-14-11(13)7-10/h1-7,15H,(H2,13,14). The van der Waals surface area contributed by atoms with Crippen LogP contribution in [-0.4, -0.2) is 13.4 Å². The average Bonchev–Trinajstić information content (AvgIpc) is 2.28. The number of nitrogen functional groups attached to an aromatic ring is 1. The highest BCUT2D eigenvalue weighted by molar-refractivity contribution is 7.92. The van der Waals surface area contributed by atoms with E-state index in [0.717, 1.165) is 0 Å². The van der Waals surface area contributed by atoms with E-state index in [-0.39, 0.29) is 10.7 Å². The average molecular weight is 284 g/mol. The molecule has 0 aliphatic carbocycles. The number of nitrogens with two attached hydrogens (primary N) is 1. The lowest BCUT2D eigenvalue weighted by atomic mass is 10.3. The van der Waals surface area contributed by atoms with Crippen LogP contribution in [0.4, 0.5) is 11.5 Å². The highest BCUT2D eigenvalue weighted by atomic mass is 35.5. The Bertz CT molecular complexity index is 673. The molecule has 2 aromatic rings. The predicted octanol–water partition coefficient (Wildman–Crippen LogP) is 2.12. The SMILES string of the molecule is Nc1cc(S(=O)(=O)Nc2cccc(Cl)c2)ccn1. The molecule has 1 aromatic carbocycles. The van der Waals surface area contributed by atoms with Crippen LogP contribution in [0.2, 0.25) is 5.02 Å². The van der Waals surface area contributed by atoms with Crippen LogP contribution in [0.1, 0.15) is 0 Å². The van der Waals surface area contributed by atoms with Crippen molar-refractivity contribution < 1.29 is 8.42 Å². The molecule has 0 atom stereocenters. The first-order valence-electron chi connectivity index (χ1n) is 4.97. The fourth-order valence-corrected chi connectivity index (χ4v) is 2.62. The second-order valence-electron chi connectivity index (χ2n) is 3.53. The molecule has 1 heterocycles. The summed E-state index contributed by atoms with van der Waals surface area (Å²) in [5.41, 5.74) is 5.84. The van der Waals surface area contributed by atoms with Crippen LogP contribution in [0, 0.1) is 0 Å². The minimum atomic E-state index is -3.68. The smallest absolute Gasteiger partial charge is 0.262 e. The van der Waals surface area contributed by atoms with E-state index in [2.05, 4.69) is 9.71 Å². The van der Waals surface area contributed by atoms with Crippen LogP contribution in [0.25, 0.3) is 0 Å². The van der Waals surface area contributed by atoms with Gasteiger partial charge in [-0.25, -0.2) is 13.4 Å². The van der Waals surface area contributed by atoms with Crippen LogP contribution in [0.5, 0.6) is 0 Å². The molecule has 0 unspecified atom stereocenters. The van der Waals surface area contributed by atoms with Crippen molar-refractivity contribution in [2.24, 2.45) is 0 Å². The molecular weight excluding hydrogens is 274 g/mol. The summed E-state index contributed by atoms with van der Waals surface area (Å²) in [7, 11) is -3.68. The minimum Gasteiger partial charge on any atom is -0.384 e. The van der Waals surface area contributed by atoms with E-state index in [9.17, 15) is 8.42 Å². The Hall–Kier alpha value is -1.79. The maximum Gasteiger partial charge on any atom is 0.262 e. The number of sulfonamides is 1. The molecule has 0 amide bonds. The summed E-state index contributed by atoms with van der Waals surface area (Å²) in [6.07, 6.45) is 1.34. The van der Waals surface area contributed by atoms with Gasteiger partial charge in [-0.15, -0.1) is 0 Å². The molecule has 3 N–H and O–H groups in total. The van der Waals surface area contributed by atoms with E-state index in [1.807, 2.05) is 0 Å². The lowest BCUT2D eigenvalue weighted by Crippen LogP contribution is -2.13. The van der Waals surface area contributed by atoms with Crippen molar-refractivity contribution in [2.75, 3.05) is 10.5 Å². The van der Waals surface area contributed by atoms with Crippen molar-refractivity contribution in [3.05, 3.63) is 47.6 Å². The molecule has 0 aliphatic heterocycles. The van der Waals surface area contributed by atoms with Gasteiger partial charge in [0.25, 0.3) is 10.0 Å². The van der Waals surface area contributed by atoms with Gasteiger partial charge in [-0.1, -0.05) is 17.7 Å². The van der Waals surface area contributed by atoms with E-state index >= 15 is 0 Å². The predicted molar refractivity (Wildman–Crippen MR) is 70.9 cm³/mol. The number of aromatic nitrogens is 1. The van der Waals surface area contributed by atoms with Crippen molar-refractivity contribution in [3.8, 4) is 0 Å². The zero-order chi connectivity index (χ0) is 13.2. The maximum atomic E-state index is 12.0. The second-order valence-corrected chi connectivity index (χ2v) is 5.65. The fourth-order valence-electron chi connectivity index (χ4n) is 1.36. The fraction of sp³-hybridized carbons (Fsp3) is 0. The molecule has 7 heteroatoms. The monoisotopic (exact) mass is 283 g/mol. The van der Waals surface area contributed by atoms with Gasteiger partial charge in [-0.3, -0.25) is 4.72 Å². The molecule has 0 aliphatic rings. The van der Waals surface area contributed by atoms with Crippen LogP contribution in [0.3, 0.4) is 0 Å². The first-order valence-corrected chi connectivity index (χ1v) is 6.83. The van der Waals surface area contributed by atoms with Crippen LogP contribution in [0.15, 0.2) is 47.5 Å². The largest absolute Gasteiger partial charge is 0.384 e. The van der Waals surface area contributed by atoms with Crippen LogP contribution < -0.4 is 10.5 Å². The number of hydrogen-bond donors (Lipinski definition) is 2. The summed E-state index contributed by atoms with van der Waals surface area (Å²) in [6, 6.07) is 9.08. The normalized spacial score (nSPS) is 11.2. The van der Waals surface area contributed by atoms with Crippen LogP contribution in [-0.2, 0) is 10.0 Å². The van der Waals surface area contributed by atoms with Crippen molar-refractivity contribution in [1.29, 1.82) is 0 Å². The van der Waals surface area contributed by atoms with Gasteiger partial charge in [0.15, 0.2) is 0 Å². The van der Waals surface area contributed by atoms with Crippen molar-refractivity contribution in [3.63, 3.8) is 0 Å². The molecule has 5 nitrogen and oxygen atoms in total. The summed E-state index contributed by atoms with van der Waals surface area (Å²) in [5.74, 6) is 0.143. The summed E-state index contributed by atoms with van der Waals surface area (Å²) < 4.78 is 26.5. The van der Waals surface area contributed by atoms with Gasteiger partial charge in [0.2, 0.25) is 0 Å². The molecule has 94 valence electrons. The first-order chi connectivity index (χ1) is 8.47. The van der Waals surface area contributed by atoms with E-state index < -0.39 is 10.0 Å². The van der Waals surface area contributed by atoms with E-state index in [1.54, 1.807) is 18.2 Å². The molecule has 0 fully saturated rings. The number of nitrogens with one attached hydrogen (secondary N) is 1. The number of rotatable bonds is 3. The highest BCUT2D eigenvalue weighted by Gasteiger charge is 2.14. The van der Waals surface area contributed by atoms with Gasteiger partial charge in [-0.2, -0.15) is 0 Å². The molecular formula is C11H10ClN3O2S. The Balaban J connectivity index is 2.33. The third-order valence-electron chi connectivity index (χ3n) is 2.14. The van der Waals surface area contributed by atoms with Gasteiger partial charge < -0.3 is 5.73 Å². The number of hydrogen-bond acceptors (Lipinski definition) is 4. The Kier molecular flexibility index (Phi) is 3.40. The second kappa shape index (κ2) is 4.83. The van der Waals surface area contributed by atoms with Gasteiger partial charge in [0.1, 0.15) is 5.82 Å². The van der Waals surface area contributed by atoms with Gasteiger partial charge in [0, 0.05) is 17.3 Å². The number of anilines is 2. The first kappa shape index (κ1) is 12.7. The summed E-state index contributed by atoms with van der Waals surface area (Å²) in [5, 5.41) is 0.449. The van der Waals surface area contributed by atoms with Gasteiger partial charge in [-0.05, 0) is 24.3 Å². The summed E-state index contributed by atoms with van der Waals surface area (Å²) in [4.78, 5) is 3.79. The zero-order valence-corrected chi connectivity index (χ0v) is 10.7. The summed E-state index contributed by atoms with van der Waals surface area (Å²) >= 11 is 5.78. The zero-order valence-electron chi connectivity index (χ0n) is 9.17. The Morgan fingerprint density at radius 1 is 1.22 bits per heavy atom. The topological polar surface area (TPSA) is 85.1 Å². The number of benzene rings is 1. The molecule has 0 radical (unpaired) electrons. The molecule has 0 spiro atoms. The Labute approximate surface area is 110 Å². The van der Waals surface area contributed by atoms with Crippen molar-refractivity contribution >= 4 is 33.1 Å². The maximum absolute atomic E-state index is 12.0. The molecule has 18 heavy (non-hydrogen) atoms. The molecule has 1 aromatic heterocycles. The lowest BCUT2D eigenvalue weighted by Gasteiger charge is -2.08. The highest BCUT2D eigenvalue weighted by Crippen LogP contribution is 2.19. The molecule has 0 bridgehead atoms. The number of halogens is 1. The third-order valence-corrected chi connectivity index (χ3v) is 3.75. The van der Waals surface area contributed by atoms with E-state index in [0.29, 0.717) is 10.7 Å². The third kappa shape index (κ3) is 2.91.